The molecule has 0 aromatic carbocycles. The standard InChI is InChI=1S/C10H16.2ClH.Zr/c1-2-3-4-7-10-8-5-6-9-10;;;/h5,8-9H,2-4,6-7H2,1H3;2*1H;/q;;;+2/p-2. The van der Waals surface area contributed by atoms with E-state index in [2.05, 4.69) is 25.2 Å². The number of allylic oxidation sites excluding steroid dienone is 4. The molecule has 0 fully saturated rings. The van der Waals surface area contributed by atoms with Crippen LogP contribution in [0.3, 0.4) is 0 Å². The van der Waals surface area contributed by atoms with E-state index in [1.165, 1.54) is 32.1 Å². The van der Waals surface area contributed by atoms with Gasteiger partial charge in [0.15, 0.2) is 0 Å². The van der Waals surface area contributed by atoms with Crippen LogP contribution < -0.4 is 0 Å². The van der Waals surface area contributed by atoms with Gasteiger partial charge < -0.3 is 0 Å². The van der Waals surface area contributed by atoms with Crippen molar-refractivity contribution in [3.63, 3.8) is 0 Å². The summed E-state index contributed by atoms with van der Waals surface area (Å²) in [7, 11) is 9.87. The summed E-state index contributed by atoms with van der Waals surface area (Å²) in [5, 5.41) is 0. The zero-order valence-corrected chi connectivity index (χ0v) is 12.0. The van der Waals surface area contributed by atoms with Crippen molar-refractivity contribution >= 4 is 17.0 Å². The first kappa shape index (κ1) is 13.9. The molecule has 0 unspecified atom stereocenters. The number of rotatable bonds is 4. The maximum absolute atomic E-state index is 4.93. The van der Waals surface area contributed by atoms with Crippen LogP contribution in [-0.4, -0.2) is 0 Å². The number of unbranched alkanes of at least 4 members (excludes halogenated alkanes) is 2. The Morgan fingerprint density at radius 1 is 1.38 bits per heavy atom. The van der Waals surface area contributed by atoms with Crippen molar-refractivity contribution < 1.29 is 20.8 Å². The molecule has 1 rings (SSSR count). The summed E-state index contributed by atoms with van der Waals surface area (Å²) in [6.07, 6.45) is 13.4. The van der Waals surface area contributed by atoms with Crippen LogP contribution in [0.5, 0.6) is 0 Å². The number of hydrogen-bond donors (Lipinski definition) is 0. The molecule has 0 aliphatic heterocycles. The van der Waals surface area contributed by atoms with Crippen molar-refractivity contribution in [1.29, 1.82) is 0 Å². The van der Waals surface area contributed by atoms with Gasteiger partial charge in [-0.1, -0.05) is 43.6 Å². The molecule has 0 radical (unpaired) electrons. The Labute approximate surface area is 100 Å². The maximum atomic E-state index is 4.93. The summed E-state index contributed by atoms with van der Waals surface area (Å²) in [4.78, 5) is 0. The van der Waals surface area contributed by atoms with Gasteiger partial charge in [0.2, 0.25) is 0 Å². The van der Waals surface area contributed by atoms with E-state index in [1.807, 2.05) is 0 Å². The molecule has 1 aliphatic carbocycles. The topological polar surface area (TPSA) is 0 Å². The fourth-order valence-electron chi connectivity index (χ4n) is 1.27. The predicted molar refractivity (Wildman–Crippen MR) is 57.7 cm³/mol. The van der Waals surface area contributed by atoms with Crippen LogP contribution in [0.15, 0.2) is 23.8 Å². The van der Waals surface area contributed by atoms with E-state index in [4.69, 9.17) is 17.0 Å². The van der Waals surface area contributed by atoms with Crippen LogP contribution in [-0.2, 0) is 20.8 Å². The zero-order valence-electron chi connectivity index (χ0n) is 8.02. The normalized spacial score (nSPS) is 13.3. The van der Waals surface area contributed by atoms with Crippen molar-refractivity contribution in [2.45, 2.75) is 39.0 Å². The van der Waals surface area contributed by atoms with E-state index in [-0.39, 0.29) is 0 Å². The molecule has 0 atom stereocenters. The van der Waals surface area contributed by atoms with Crippen molar-refractivity contribution in [1.82, 2.24) is 0 Å². The van der Waals surface area contributed by atoms with Crippen LogP contribution in [0, 0.1) is 0 Å². The van der Waals surface area contributed by atoms with Crippen molar-refractivity contribution in [3.05, 3.63) is 23.8 Å². The van der Waals surface area contributed by atoms with Gasteiger partial charge in [-0.25, -0.2) is 0 Å². The van der Waals surface area contributed by atoms with E-state index in [0.29, 0.717) is 0 Å². The van der Waals surface area contributed by atoms with Crippen LogP contribution in [0.4, 0.5) is 0 Å². The molecule has 1 aliphatic rings. The molecule has 0 nitrogen and oxygen atoms in total. The minimum atomic E-state index is -0.826. The summed E-state index contributed by atoms with van der Waals surface area (Å²) in [5.74, 6) is 0. The molecule has 74 valence electrons. The molecule has 0 saturated carbocycles. The summed E-state index contributed by atoms with van der Waals surface area (Å²) in [6.45, 7) is 2.25. The predicted octanol–water partition coefficient (Wildman–Crippen LogP) is 4.83. The molecule has 13 heavy (non-hydrogen) atoms. The zero-order chi connectivity index (χ0) is 9.94. The monoisotopic (exact) mass is 296 g/mol. The molecule has 0 N–H and O–H groups in total. The minimum absolute atomic E-state index is 0.826. The third kappa shape index (κ3) is 9.25. The molecule has 0 heterocycles. The molecular weight excluding hydrogens is 282 g/mol. The fourth-order valence-corrected chi connectivity index (χ4v) is 1.27. The fraction of sp³-hybridized carbons (Fsp3) is 0.600. The Morgan fingerprint density at radius 3 is 2.54 bits per heavy atom. The average Bonchev–Trinajstić information content (AvgIpc) is 2.59. The first-order valence-corrected chi connectivity index (χ1v) is 11.0. The molecule has 0 aromatic heterocycles. The van der Waals surface area contributed by atoms with Gasteiger partial charge in [-0.2, -0.15) is 0 Å². The van der Waals surface area contributed by atoms with Gasteiger partial charge in [0.1, 0.15) is 0 Å². The molecule has 3 heteroatoms. The quantitative estimate of drug-likeness (QED) is 0.652. The first-order chi connectivity index (χ1) is 6.35. The van der Waals surface area contributed by atoms with Crippen LogP contribution in [0.1, 0.15) is 39.0 Å². The van der Waals surface area contributed by atoms with E-state index in [1.54, 1.807) is 5.57 Å². The van der Waals surface area contributed by atoms with Crippen molar-refractivity contribution in [2.75, 3.05) is 0 Å². The number of hydrogen-bond acceptors (Lipinski definition) is 0. The first-order valence-electron chi connectivity index (χ1n) is 4.67. The van der Waals surface area contributed by atoms with E-state index in [0.717, 1.165) is 0 Å². The number of halogens is 2. The molecule has 0 spiro atoms. The van der Waals surface area contributed by atoms with Gasteiger partial charge in [-0.15, -0.1) is 0 Å². The molecule has 0 bridgehead atoms. The van der Waals surface area contributed by atoms with Crippen LogP contribution >= 0.6 is 17.0 Å². The Balaban J connectivity index is 0.000000424. The summed E-state index contributed by atoms with van der Waals surface area (Å²) in [6, 6.07) is 0. The molecule has 0 saturated heterocycles. The second-order valence-corrected chi connectivity index (χ2v) is 6.68. The van der Waals surface area contributed by atoms with E-state index >= 15 is 0 Å². The van der Waals surface area contributed by atoms with Crippen molar-refractivity contribution in [2.24, 2.45) is 0 Å². The summed E-state index contributed by atoms with van der Waals surface area (Å²) >= 11 is -0.826. The van der Waals surface area contributed by atoms with E-state index in [9.17, 15) is 0 Å². The van der Waals surface area contributed by atoms with Crippen LogP contribution in [0.25, 0.3) is 0 Å². The molecule has 0 amide bonds. The third-order valence-electron chi connectivity index (χ3n) is 1.92. The Morgan fingerprint density at radius 2 is 2.08 bits per heavy atom. The Hall–Kier alpha value is 0.943. The Bertz CT molecular complexity index is 164. The second kappa shape index (κ2) is 11.0. The third-order valence-corrected chi connectivity index (χ3v) is 1.92. The second-order valence-electron chi connectivity index (χ2n) is 2.95. The van der Waals surface area contributed by atoms with Gasteiger partial charge in [0, 0.05) is 0 Å². The molecule has 0 aromatic rings. The van der Waals surface area contributed by atoms with Gasteiger partial charge >= 0.3 is 37.9 Å². The van der Waals surface area contributed by atoms with Gasteiger partial charge in [-0.05, 0) is 19.3 Å². The van der Waals surface area contributed by atoms with Crippen LogP contribution in [0.2, 0.25) is 0 Å². The van der Waals surface area contributed by atoms with Gasteiger partial charge in [-0.3, -0.25) is 0 Å². The van der Waals surface area contributed by atoms with E-state index < -0.39 is 20.8 Å². The van der Waals surface area contributed by atoms with Gasteiger partial charge in [0.25, 0.3) is 0 Å². The summed E-state index contributed by atoms with van der Waals surface area (Å²) < 4.78 is 0. The SMILES string of the molecule is CCCCCC1=CCC=C1.[Cl][Zr][Cl]. The Kier molecular flexibility index (Phi) is 11.8. The van der Waals surface area contributed by atoms with Gasteiger partial charge in [0.05, 0.1) is 0 Å². The molecular formula is C10H16Cl2Zr. The van der Waals surface area contributed by atoms with Crippen molar-refractivity contribution in [3.8, 4) is 0 Å². The summed E-state index contributed by atoms with van der Waals surface area (Å²) in [5.41, 5.74) is 1.55. The average molecular weight is 298 g/mol.